The summed E-state index contributed by atoms with van der Waals surface area (Å²) in [6.07, 6.45) is 0.960. The van der Waals surface area contributed by atoms with Crippen molar-refractivity contribution in [3.05, 3.63) is 102 Å². The van der Waals surface area contributed by atoms with Gasteiger partial charge in [-0.2, -0.15) is 12.7 Å². The molecule has 39 heavy (non-hydrogen) atoms. The normalized spacial score (nSPS) is 12.1. The fraction of sp³-hybridized carbons (Fsp3) is 0.310. The van der Waals surface area contributed by atoms with Gasteiger partial charge in [0.1, 0.15) is 18.4 Å². The number of amides is 2. The highest BCUT2D eigenvalue weighted by Gasteiger charge is 2.34. The van der Waals surface area contributed by atoms with Crippen LogP contribution in [0.5, 0.6) is 0 Å². The van der Waals surface area contributed by atoms with Gasteiger partial charge < -0.3 is 10.2 Å². The van der Waals surface area contributed by atoms with Gasteiger partial charge in [-0.25, -0.2) is 8.70 Å². The Hall–Kier alpha value is -3.76. The molecule has 0 unspecified atom stereocenters. The molecule has 0 aliphatic carbocycles. The highest BCUT2D eigenvalue weighted by molar-refractivity contribution is 7.90. The second-order valence-corrected chi connectivity index (χ2v) is 11.3. The van der Waals surface area contributed by atoms with E-state index in [1.807, 2.05) is 67.6 Å². The van der Waals surface area contributed by atoms with Crippen LogP contribution in [0.1, 0.15) is 24.5 Å². The lowest BCUT2D eigenvalue weighted by atomic mass is 10.0. The van der Waals surface area contributed by atoms with E-state index in [1.54, 1.807) is 0 Å². The summed E-state index contributed by atoms with van der Waals surface area (Å²) in [5, 5.41) is 2.90. The molecule has 3 aromatic rings. The van der Waals surface area contributed by atoms with E-state index in [0.29, 0.717) is 6.54 Å². The fourth-order valence-electron chi connectivity index (χ4n) is 4.02. The maximum absolute atomic E-state index is 14.0. The highest BCUT2D eigenvalue weighted by atomic mass is 32.2. The van der Waals surface area contributed by atoms with Crippen LogP contribution in [0.15, 0.2) is 84.9 Å². The molecule has 0 bridgehead atoms. The highest BCUT2D eigenvalue weighted by Crippen LogP contribution is 2.22. The van der Waals surface area contributed by atoms with Crippen LogP contribution in [0, 0.1) is 5.82 Å². The molecular formula is C29H35FN4O4S. The van der Waals surface area contributed by atoms with Crippen LogP contribution in [-0.4, -0.2) is 62.7 Å². The first-order valence-electron chi connectivity index (χ1n) is 12.7. The number of nitrogens with zero attached hydrogens (tertiary/aromatic N) is 3. The van der Waals surface area contributed by atoms with Gasteiger partial charge >= 0.3 is 10.2 Å². The summed E-state index contributed by atoms with van der Waals surface area (Å²) < 4.78 is 42.1. The molecule has 0 saturated heterocycles. The largest absolute Gasteiger partial charge is 0.354 e. The smallest absolute Gasteiger partial charge is 0.304 e. The van der Waals surface area contributed by atoms with Crippen molar-refractivity contribution in [1.29, 1.82) is 0 Å². The summed E-state index contributed by atoms with van der Waals surface area (Å²) in [4.78, 5) is 28.9. The maximum Gasteiger partial charge on any atom is 0.304 e. The predicted octanol–water partition coefficient (Wildman–Crippen LogP) is 3.60. The van der Waals surface area contributed by atoms with Crippen molar-refractivity contribution >= 4 is 27.7 Å². The van der Waals surface area contributed by atoms with E-state index in [-0.39, 0.29) is 24.6 Å². The van der Waals surface area contributed by atoms with Crippen LogP contribution in [0.3, 0.4) is 0 Å². The van der Waals surface area contributed by atoms with Gasteiger partial charge in [-0.05, 0) is 41.8 Å². The quantitative estimate of drug-likeness (QED) is 0.350. The third kappa shape index (κ3) is 8.11. The average Bonchev–Trinajstić information content (AvgIpc) is 2.93. The second kappa shape index (κ2) is 13.9. The molecule has 1 atom stereocenters. The number of halogens is 1. The van der Waals surface area contributed by atoms with E-state index >= 15 is 0 Å². The standard InChI is InChI=1S/C29H35FN4O4S/c1-4-19-31-29(36)27(20-23-11-7-5-8-12-23)33(21-24-13-9-6-10-14-24)28(35)22-34(39(37,38)32(2)3)26-17-15-25(30)16-18-26/h5-18,27H,4,19-22H2,1-3H3,(H,31,36)/t27-/m0/s1. The van der Waals surface area contributed by atoms with Gasteiger partial charge in [0.15, 0.2) is 0 Å². The summed E-state index contributed by atoms with van der Waals surface area (Å²) in [6.45, 7) is 1.89. The zero-order valence-corrected chi connectivity index (χ0v) is 23.3. The van der Waals surface area contributed by atoms with Gasteiger partial charge in [-0.15, -0.1) is 0 Å². The van der Waals surface area contributed by atoms with Crippen LogP contribution < -0.4 is 9.62 Å². The maximum atomic E-state index is 14.0. The monoisotopic (exact) mass is 554 g/mol. The Balaban J connectivity index is 2.05. The average molecular weight is 555 g/mol. The topological polar surface area (TPSA) is 90.0 Å². The Morgan fingerprint density at radius 1 is 0.872 bits per heavy atom. The predicted molar refractivity (Wildman–Crippen MR) is 151 cm³/mol. The number of carbonyl (C=O) groups is 2. The Kier molecular flexibility index (Phi) is 10.6. The number of carbonyl (C=O) groups excluding carboxylic acids is 2. The molecule has 3 rings (SSSR count). The number of rotatable bonds is 13. The van der Waals surface area contributed by atoms with E-state index in [4.69, 9.17) is 0 Å². The minimum absolute atomic E-state index is 0.0932. The molecule has 0 aliphatic rings. The van der Waals surface area contributed by atoms with Crippen molar-refractivity contribution in [1.82, 2.24) is 14.5 Å². The molecule has 3 aromatic carbocycles. The molecule has 0 spiro atoms. The third-order valence-corrected chi connectivity index (χ3v) is 7.97. The summed E-state index contributed by atoms with van der Waals surface area (Å²) in [6, 6.07) is 22.6. The minimum atomic E-state index is -4.13. The van der Waals surface area contributed by atoms with Gasteiger partial charge in [0, 0.05) is 33.6 Å². The van der Waals surface area contributed by atoms with Crippen molar-refractivity contribution in [2.75, 3.05) is 31.5 Å². The van der Waals surface area contributed by atoms with Crippen LogP contribution in [-0.2, 0) is 32.8 Å². The lowest BCUT2D eigenvalue weighted by Gasteiger charge is -2.34. The number of nitrogens with one attached hydrogen (secondary N) is 1. The lowest BCUT2D eigenvalue weighted by molar-refractivity contribution is -0.140. The Morgan fingerprint density at radius 3 is 1.97 bits per heavy atom. The van der Waals surface area contributed by atoms with Crippen molar-refractivity contribution < 1.29 is 22.4 Å². The minimum Gasteiger partial charge on any atom is -0.354 e. The third-order valence-electron chi connectivity index (χ3n) is 6.15. The molecule has 0 radical (unpaired) electrons. The zero-order valence-electron chi connectivity index (χ0n) is 22.5. The molecule has 0 aliphatic heterocycles. The van der Waals surface area contributed by atoms with E-state index in [9.17, 15) is 22.4 Å². The molecular weight excluding hydrogens is 519 g/mol. The van der Waals surface area contributed by atoms with Gasteiger partial charge in [0.05, 0.1) is 5.69 Å². The van der Waals surface area contributed by atoms with Crippen LogP contribution in [0.4, 0.5) is 10.1 Å². The molecule has 0 heterocycles. The molecule has 0 saturated carbocycles. The Morgan fingerprint density at radius 2 is 1.44 bits per heavy atom. The van der Waals surface area contributed by atoms with E-state index in [2.05, 4.69) is 5.32 Å². The number of hydrogen-bond acceptors (Lipinski definition) is 4. The molecule has 8 nitrogen and oxygen atoms in total. The van der Waals surface area contributed by atoms with E-state index < -0.39 is 34.5 Å². The van der Waals surface area contributed by atoms with Gasteiger partial charge in [-0.3, -0.25) is 9.59 Å². The van der Waals surface area contributed by atoms with Gasteiger partial charge in [-0.1, -0.05) is 67.6 Å². The first-order chi connectivity index (χ1) is 18.6. The fourth-order valence-corrected chi connectivity index (χ4v) is 5.08. The number of anilines is 1. The van der Waals surface area contributed by atoms with Crippen LogP contribution >= 0.6 is 0 Å². The first-order valence-corrected chi connectivity index (χ1v) is 14.1. The SMILES string of the molecule is CCCNC(=O)[C@H](Cc1ccccc1)N(Cc1ccccc1)C(=O)CN(c1ccc(F)cc1)S(=O)(=O)N(C)C. The van der Waals surface area contributed by atoms with Crippen molar-refractivity contribution in [2.24, 2.45) is 0 Å². The molecule has 0 aromatic heterocycles. The molecule has 0 fully saturated rings. The summed E-state index contributed by atoms with van der Waals surface area (Å²) in [5.74, 6) is -1.43. The van der Waals surface area contributed by atoms with Gasteiger partial charge in [0.25, 0.3) is 0 Å². The Bertz CT molecular complexity index is 1320. The lowest BCUT2D eigenvalue weighted by Crippen LogP contribution is -2.54. The number of hydrogen-bond donors (Lipinski definition) is 1. The summed E-state index contributed by atoms with van der Waals surface area (Å²) in [5.41, 5.74) is 1.78. The van der Waals surface area contributed by atoms with E-state index in [0.717, 1.165) is 38.3 Å². The van der Waals surface area contributed by atoms with Crippen molar-refractivity contribution in [3.8, 4) is 0 Å². The van der Waals surface area contributed by atoms with Crippen molar-refractivity contribution in [3.63, 3.8) is 0 Å². The molecule has 2 amide bonds. The van der Waals surface area contributed by atoms with Crippen LogP contribution in [0.2, 0.25) is 0 Å². The summed E-state index contributed by atoms with van der Waals surface area (Å²) >= 11 is 0. The zero-order chi connectivity index (χ0) is 28.4. The molecule has 10 heteroatoms. The Labute approximate surface area is 230 Å². The second-order valence-electron chi connectivity index (χ2n) is 9.28. The molecule has 208 valence electrons. The van der Waals surface area contributed by atoms with Crippen LogP contribution in [0.25, 0.3) is 0 Å². The van der Waals surface area contributed by atoms with Gasteiger partial charge in [0.2, 0.25) is 11.8 Å². The first kappa shape index (κ1) is 29.8. The number of benzene rings is 3. The van der Waals surface area contributed by atoms with Crippen molar-refractivity contribution in [2.45, 2.75) is 32.4 Å². The van der Waals surface area contributed by atoms with E-state index in [1.165, 1.54) is 31.1 Å². The molecule has 1 N–H and O–H groups in total. The summed E-state index contributed by atoms with van der Waals surface area (Å²) in [7, 11) is -1.42.